The van der Waals surface area contributed by atoms with Gasteiger partial charge in [-0.15, -0.1) is 0 Å². The third-order valence-electron chi connectivity index (χ3n) is 4.93. The van der Waals surface area contributed by atoms with E-state index in [0.717, 1.165) is 0 Å². The fourth-order valence-corrected chi connectivity index (χ4v) is 4.51. The average Bonchev–Trinajstić information content (AvgIpc) is 3.17. The Hall–Kier alpha value is -3.45. The Balaban J connectivity index is 2.22. The van der Waals surface area contributed by atoms with Gasteiger partial charge in [0.05, 0.1) is 10.9 Å². The van der Waals surface area contributed by atoms with E-state index in [1.165, 1.54) is 19.1 Å². The van der Waals surface area contributed by atoms with Crippen LogP contribution in [0, 0.1) is 12.8 Å². The highest BCUT2D eigenvalue weighted by Gasteiger charge is 2.29. The Kier molecular flexibility index (Phi) is 9.78. The molecular formula is C22H32N6O6S. The smallest absolute Gasteiger partial charge is 0.326 e. The molecule has 35 heavy (non-hydrogen) atoms. The van der Waals surface area contributed by atoms with Crippen molar-refractivity contribution in [3.05, 3.63) is 47.7 Å². The van der Waals surface area contributed by atoms with Crippen LogP contribution in [-0.2, 0) is 14.8 Å². The molecule has 0 radical (unpaired) electrons. The number of aliphatic imine (C=N–C) groups is 1. The molecule has 1 aromatic carbocycles. The normalized spacial score (nSPS) is 13.3. The summed E-state index contributed by atoms with van der Waals surface area (Å²) in [6, 6.07) is 5.83. The fourth-order valence-electron chi connectivity index (χ4n) is 3.29. The van der Waals surface area contributed by atoms with Gasteiger partial charge < -0.3 is 26.3 Å². The number of carbonyl (C=O) groups is 2. The van der Waals surface area contributed by atoms with Gasteiger partial charge in [0, 0.05) is 6.54 Å². The molecule has 0 fully saturated rings. The van der Waals surface area contributed by atoms with Crippen LogP contribution in [0.5, 0.6) is 0 Å². The van der Waals surface area contributed by atoms with Crippen LogP contribution >= 0.6 is 0 Å². The number of aromatic nitrogens is 1. The Morgan fingerprint density at radius 2 is 1.86 bits per heavy atom. The molecule has 2 aromatic rings. The van der Waals surface area contributed by atoms with Gasteiger partial charge >= 0.3 is 5.97 Å². The number of rotatable bonds is 13. The van der Waals surface area contributed by atoms with E-state index in [-0.39, 0.29) is 47.1 Å². The number of carbonyl (C=O) groups excluding carboxylic acids is 1. The van der Waals surface area contributed by atoms with Crippen molar-refractivity contribution >= 4 is 27.9 Å². The minimum absolute atomic E-state index is 0.0143. The van der Waals surface area contributed by atoms with Crippen molar-refractivity contribution in [2.45, 2.75) is 57.0 Å². The number of nitrogens with zero attached hydrogens (tertiary/aromatic N) is 2. The Labute approximate surface area is 204 Å². The van der Waals surface area contributed by atoms with E-state index in [4.69, 9.17) is 15.9 Å². The Morgan fingerprint density at radius 3 is 2.43 bits per heavy atom. The average molecular weight is 509 g/mol. The molecule has 1 heterocycles. The molecule has 0 saturated carbocycles. The van der Waals surface area contributed by atoms with Crippen LogP contribution in [0.4, 0.5) is 0 Å². The van der Waals surface area contributed by atoms with E-state index in [1.54, 1.807) is 18.2 Å². The van der Waals surface area contributed by atoms with Gasteiger partial charge in [-0.1, -0.05) is 32.0 Å². The maximum Gasteiger partial charge on any atom is 0.326 e. The fraction of sp³-hybridized carbons (Fsp3) is 0.455. The van der Waals surface area contributed by atoms with Crippen molar-refractivity contribution < 1.29 is 27.5 Å². The van der Waals surface area contributed by atoms with E-state index < -0.39 is 34.0 Å². The number of benzene rings is 1. The predicted octanol–water partition coefficient (Wildman–Crippen LogP) is 1.29. The first-order valence-corrected chi connectivity index (χ1v) is 12.5. The SMILES string of the molecule is Cc1oc(C(CC(C)C)NS(=O)(=O)c2ccccc2)nc1C(=O)N[C@@H](CCCN=C(N)N)C(=O)O. The standard InChI is InChI=1S/C22H32N6O6S/c1-13(2)12-17(28-35(32,33)15-8-5-4-6-9-15)20-27-18(14(3)34-20)19(29)26-16(21(30)31)10-7-11-25-22(23)24/h4-6,8-9,13,16-17,28H,7,10-12H2,1-3H3,(H,26,29)(H,30,31)(H4,23,24,25)/t16-,17?/m0/s1. The molecular weight excluding hydrogens is 476 g/mol. The molecule has 0 bridgehead atoms. The van der Waals surface area contributed by atoms with E-state index >= 15 is 0 Å². The maximum absolute atomic E-state index is 12.9. The molecule has 1 unspecified atom stereocenters. The molecule has 0 aliphatic heterocycles. The van der Waals surface area contributed by atoms with Gasteiger partial charge in [0.2, 0.25) is 15.9 Å². The van der Waals surface area contributed by atoms with E-state index in [9.17, 15) is 23.1 Å². The highest BCUT2D eigenvalue weighted by atomic mass is 32.2. The molecule has 7 N–H and O–H groups in total. The van der Waals surface area contributed by atoms with Crippen molar-refractivity contribution in [3.8, 4) is 0 Å². The van der Waals surface area contributed by atoms with Crippen molar-refractivity contribution in [2.75, 3.05) is 6.54 Å². The van der Waals surface area contributed by atoms with Crippen LogP contribution in [0.15, 0.2) is 44.6 Å². The zero-order chi connectivity index (χ0) is 26.2. The monoisotopic (exact) mass is 508 g/mol. The van der Waals surface area contributed by atoms with Crippen LogP contribution in [0.2, 0.25) is 0 Å². The number of sulfonamides is 1. The molecule has 0 aliphatic carbocycles. The van der Waals surface area contributed by atoms with Gasteiger partial charge in [0.1, 0.15) is 11.8 Å². The topological polar surface area (TPSA) is 203 Å². The highest BCUT2D eigenvalue weighted by molar-refractivity contribution is 7.89. The summed E-state index contributed by atoms with van der Waals surface area (Å²) in [5.41, 5.74) is 10.4. The van der Waals surface area contributed by atoms with Crippen molar-refractivity contribution in [3.63, 3.8) is 0 Å². The van der Waals surface area contributed by atoms with Crippen LogP contribution in [0.3, 0.4) is 0 Å². The second kappa shape index (κ2) is 12.3. The largest absolute Gasteiger partial charge is 0.480 e. The lowest BCUT2D eigenvalue weighted by atomic mass is 10.0. The van der Waals surface area contributed by atoms with Crippen LogP contribution in [0.1, 0.15) is 61.3 Å². The number of aryl methyl sites for hydroxylation is 1. The second-order valence-electron chi connectivity index (χ2n) is 8.39. The lowest BCUT2D eigenvalue weighted by Gasteiger charge is -2.17. The quantitative estimate of drug-likeness (QED) is 0.150. The number of nitrogens with two attached hydrogens (primary N) is 2. The summed E-state index contributed by atoms with van der Waals surface area (Å²) in [6.45, 7) is 5.53. The first-order valence-electron chi connectivity index (χ1n) is 11.0. The number of hydrogen-bond acceptors (Lipinski definition) is 7. The van der Waals surface area contributed by atoms with E-state index in [2.05, 4.69) is 20.0 Å². The number of hydrogen-bond donors (Lipinski definition) is 5. The number of nitrogens with one attached hydrogen (secondary N) is 2. The maximum atomic E-state index is 12.9. The minimum atomic E-state index is -3.88. The third kappa shape index (κ3) is 8.37. The van der Waals surface area contributed by atoms with E-state index in [0.29, 0.717) is 12.8 Å². The number of aliphatic carboxylic acids is 1. The van der Waals surface area contributed by atoms with Crippen LogP contribution in [-0.4, -0.2) is 48.9 Å². The summed E-state index contributed by atoms with van der Waals surface area (Å²) in [5.74, 6) is -1.86. The summed E-state index contributed by atoms with van der Waals surface area (Å²) in [7, 11) is -3.88. The summed E-state index contributed by atoms with van der Waals surface area (Å²) >= 11 is 0. The zero-order valence-electron chi connectivity index (χ0n) is 19.9. The van der Waals surface area contributed by atoms with Gasteiger partial charge in [-0.2, -0.15) is 4.72 Å². The van der Waals surface area contributed by atoms with Crippen molar-refractivity contribution in [1.82, 2.24) is 15.0 Å². The van der Waals surface area contributed by atoms with Gasteiger partial charge in [0.15, 0.2) is 11.7 Å². The predicted molar refractivity (Wildman–Crippen MR) is 129 cm³/mol. The lowest BCUT2D eigenvalue weighted by molar-refractivity contribution is -0.139. The third-order valence-corrected chi connectivity index (χ3v) is 6.42. The number of oxazole rings is 1. The number of carboxylic acid groups (broad SMARTS) is 1. The second-order valence-corrected chi connectivity index (χ2v) is 10.1. The first-order chi connectivity index (χ1) is 16.4. The van der Waals surface area contributed by atoms with Crippen LogP contribution < -0.4 is 21.5 Å². The van der Waals surface area contributed by atoms with E-state index in [1.807, 2.05) is 13.8 Å². The Morgan fingerprint density at radius 1 is 1.20 bits per heavy atom. The molecule has 1 amide bonds. The Bertz CT molecular complexity index is 1140. The molecule has 12 nitrogen and oxygen atoms in total. The molecule has 1 aromatic heterocycles. The first kappa shape index (κ1) is 27.8. The lowest BCUT2D eigenvalue weighted by Crippen LogP contribution is -2.41. The van der Waals surface area contributed by atoms with Gasteiger partial charge in [-0.05, 0) is 44.2 Å². The van der Waals surface area contributed by atoms with Crippen molar-refractivity contribution in [1.29, 1.82) is 0 Å². The molecule has 192 valence electrons. The zero-order valence-corrected chi connectivity index (χ0v) is 20.7. The van der Waals surface area contributed by atoms with Crippen molar-refractivity contribution in [2.24, 2.45) is 22.4 Å². The number of carboxylic acids is 1. The summed E-state index contributed by atoms with van der Waals surface area (Å²) in [5, 5.41) is 11.9. The molecule has 2 rings (SSSR count). The van der Waals surface area contributed by atoms with Gasteiger partial charge in [-0.25, -0.2) is 18.2 Å². The summed E-state index contributed by atoms with van der Waals surface area (Å²) in [6.07, 6.45) is 0.778. The highest BCUT2D eigenvalue weighted by Crippen LogP contribution is 2.25. The number of guanidine groups is 1. The summed E-state index contributed by atoms with van der Waals surface area (Å²) in [4.78, 5) is 32.5. The van der Waals surface area contributed by atoms with Gasteiger partial charge in [-0.3, -0.25) is 9.79 Å². The molecule has 0 aliphatic rings. The summed E-state index contributed by atoms with van der Waals surface area (Å²) < 4.78 is 34.0. The molecule has 0 saturated heterocycles. The van der Waals surface area contributed by atoms with Gasteiger partial charge in [0.25, 0.3) is 5.91 Å². The molecule has 13 heteroatoms. The minimum Gasteiger partial charge on any atom is -0.480 e. The molecule has 0 spiro atoms. The number of amides is 1. The van der Waals surface area contributed by atoms with Crippen LogP contribution in [0.25, 0.3) is 0 Å². The molecule has 2 atom stereocenters.